The maximum atomic E-state index is 11.5. The third-order valence-corrected chi connectivity index (χ3v) is 3.45. The fourth-order valence-corrected chi connectivity index (χ4v) is 2.18. The van der Waals surface area contributed by atoms with Crippen molar-refractivity contribution in [3.8, 4) is 5.75 Å². The SMILES string of the molecule is COc1ccc(Nc2nncc(Nc3cccc(C(C)=O)c3)n2)cc1. The fraction of sp³-hybridized carbons (Fsp3) is 0.111. The Bertz CT molecular complexity index is 881. The summed E-state index contributed by atoms with van der Waals surface area (Å²) >= 11 is 0. The van der Waals surface area contributed by atoms with Crippen LogP contribution in [-0.4, -0.2) is 28.1 Å². The number of nitrogens with one attached hydrogen (secondary N) is 2. The van der Waals surface area contributed by atoms with E-state index in [9.17, 15) is 4.79 Å². The number of hydrogen-bond acceptors (Lipinski definition) is 7. The largest absolute Gasteiger partial charge is 0.497 e. The third-order valence-electron chi connectivity index (χ3n) is 3.45. The van der Waals surface area contributed by atoms with E-state index >= 15 is 0 Å². The molecule has 25 heavy (non-hydrogen) atoms. The molecule has 3 rings (SSSR count). The van der Waals surface area contributed by atoms with Gasteiger partial charge in [-0.15, -0.1) is 5.10 Å². The molecule has 2 N–H and O–H groups in total. The van der Waals surface area contributed by atoms with E-state index in [0.29, 0.717) is 17.3 Å². The Morgan fingerprint density at radius 2 is 1.84 bits per heavy atom. The Labute approximate surface area is 145 Å². The second-order valence-electron chi connectivity index (χ2n) is 5.28. The van der Waals surface area contributed by atoms with Crippen molar-refractivity contribution in [3.63, 3.8) is 0 Å². The van der Waals surface area contributed by atoms with Gasteiger partial charge >= 0.3 is 0 Å². The van der Waals surface area contributed by atoms with Gasteiger partial charge in [-0.3, -0.25) is 4.79 Å². The van der Waals surface area contributed by atoms with Gasteiger partial charge in [0.05, 0.1) is 13.3 Å². The number of methoxy groups -OCH3 is 1. The molecule has 0 saturated heterocycles. The molecule has 7 nitrogen and oxygen atoms in total. The van der Waals surface area contributed by atoms with Crippen LogP contribution >= 0.6 is 0 Å². The molecule has 0 aliphatic carbocycles. The number of ketones is 1. The average Bonchev–Trinajstić information content (AvgIpc) is 2.63. The molecule has 0 unspecified atom stereocenters. The number of carbonyl (C=O) groups excluding carboxylic acids is 1. The van der Waals surface area contributed by atoms with Crippen LogP contribution in [0.2, 0.25) is 0 Å². The minimum Gasteiger partial charge on any atom is -0.497 e. The zero-order chi connectivity index (χ0) is 17.6. The van der Waals surface area contributed by atoms with E-state index in [1.54, 1.807) is 19.2 Å². The molecule has 7 heteroatoms. The normalized spacial score (nSPS) is 10.2. The Hall–Kier alpha value is -3.48. The van der Waals surface area contributed by atoms with Crippen LogP contribution in [0, 0.1) is 0 Å². The minimum atomic E-state index is 0.00586. The van der Waals surface area contributed by atoms with Gasteiger partial charge in [0.2, 0.25) is 5.95 Å². The molecule has 0 aliphatic heterocycles. The van der Waals surface area contributed by atoms with Crippen molar-refractivity contribution >= 4 is 28.9 Å². The second-order valence-corrected chi connectivity index (χ2v) is 5.28. The Morgan fingerprint density at radius 3 is 2.56 bits per heavy atom. The van der Waals surface area contributed by atoms with Crippen LogP contribution in [0.1, 0.15) is 17.3 Å². The van der Waals surface area contributed by atoms with Gasteiger partial charge < -0.3 is 15.4 Å². The maximum Gasteiger partial charge on any atom is 0.249 e. The lowest BCUT2D eigenvalue weighted by Crippen LogP contribution is -2.03. The third kappa shape index (κ3) is 4.29. The van der Waals surface area contributed by atoms with Crippen molar-refractivity contribution in [1.82, 2.24) is 15.2 Å². The smallest absolute Gasteiger partial charge is 0.249 e. The zero-order valence-electron chi connectivity index (χ0n) is 13.9. The second kappa shape index (κ2) is 7.39. The van der Waals surface area contributed by atoms with E-state index in [0.717, 1.165) is 17.1 Å². The number of nitrogens with zero attached hydrogens (tertiary/aromatic N) is 3. The van der Waals surface area contributed by atoms with E-state index in [1.807, 2.05) is 36.4 Å². The Morgan fingerprint density at radius 1 is 1.04 bits per heavy atom. The molecular formula is C18H17N5O2. The summed E-state index contributed by atoms with van der Waals surface area (Å²) in [5.41, 5.74) is 2.20. The number of aromatic nitrogens is 3. The van der Waals surface area contributed by atoms with Gasteiger partial charge in [-0.2, -0.15) is 10.1 Å². The fourth-order valence-electron chi connectivity index (χ4n) is 2.18. The van der Waals surface area contributed by atoms with Crippen molar-refractivity contribution in [1.29, 1.82) is 0 Å². The van der Waals surface area contributed by atoms with E-state index in [4.69, 9.17) is 4.74 Å². The summed E-state index contributed by atoms with van der Waals surface area (Å²) in [5, 5.41) is 14.1. The predicted molar refractivity (Wildman–Crippen MR) is 95.8 cm³/mol. The predicted octanol–water partition coefficient (Wildman–Crippen LogP) is 3.57. The van der Waals surface area contributed by atoms with Gasteiger partial charge in [0.1, 0.15) is 5.75 Å². The van der Waals surface area contributed by atoms with Crippen molar-refractivity contribution in [3.05, 3.63) is 60.3 Å². The van der Waals surface area contributed by atoms with Crippen LogP contribution in [0.25, 0.3) is 0 Å². The lowest BCUT2D eigenvalue weighted by Gasteiger charge is -2.09. The van der Waals surface area contributed by atoms with Gasteiger partial charge in [0.25, 0.3) is 0 Å². The van der Waals surface area contributed by atoms with Gasteiger partial charge in [-0.1, -0.05) is 12.1 Å². The van der Waals surface area contributed by atoms with E-state index < -0.39 is 0 Å². The van der Waals surface area contributed by atoms with Crippen LogP contribution in [-0.2, 0) is 0 Å². The molecule has 0 saturated carbocycles. The number of hydrogen-bond donors (Lipinski definition) is 2. The molecule has 0 amide bonds. The number of rotatable bonds is 6. The molecule has 0 spiro atoms. The highest BCUT2D eigenvalue weighted by Crippen LogP contribution is 2.20. The van der Waals surface area contributed by atoms with Crippen LogP contribution < -0.4 is 15.4 Å². The lowest BCUT2D eigenvalue weighted by molar-refractivity contribution is 0.101. The molecule has 0 bridgehead atoms. The maximum absolute atomic E-state index is 11.5. The lowest BCUT2D eigenvalue weighted by atomic mass is 10.1. The molecule has 0 atom stereocenters. The van der Waals surface area contributed by atoms with Crippen LogP contribution in [0.3, 0.4) is 0 Å². The Balaban J connectivity index is 1.74. The first kappa shape index (κ1) is 16.4. The molecule has 1 aromatic heterocycles. The van der Waals surface area contributed by atoms with Crippen LogP contribution in [0.4, 0.5) is 23.1 Å². The highest BCUT2D eigenvalue weighted by molar-refractivity contribution is 5.95. The summed E-state index contributed by atoms with van der Waals surface area (Å²) < 4.78 is 5.13. The summed E-state index contributed by atoms with van der Waals surface area (Å²) in [5.74, 6) is 1.65. The summed E-state index contributed by atoms with van der Waals surface area (Å²) in [6, 6.07) is 14.6. The van der Waals surface area contributed by atoms with Gasteiger partial charge in [-0.25, -0.2) is 0 Å². The van der Waals surface area contributed by atoms with Crippen molar-refractivity contribution < 1.29 is 9.53 Å². The molecular weight excluding hydrogens is 318 g/mol. The highest BCUT2D eigenvalue weighted by atomic mass is 16.5. The van der Waals surface area contributed by atoms with Gasteiger partial charge in [0.15, 0.2) is 11.6 Å². The van der Waals surface area contributed by atoms with Crippen molar-refractivity contribution in [2.45, 2.75) is 6.92 Å². The number of anilines is 4. The van der Waals surface area contributed by atoms with Crippen molar-refractivity contribution in [2.24, 2.45) is 0 Å². The number of ether oxygens (including phenoxy) is 1. The van der Waals surface area contributed by atoms with Gasteiger partial charge in [0, 0.05) is 16.9 Å². The van der Waals surface area contributed by atoms with Crippen LogP contribution in [0.5, 0.6) is 5.75 Å². The average molecular weight is 335 g/mol. The monoisotopic (exact) mass is 335 g/mol. The zero-order valence-corrected chi connectivity index (χ0v) is 13.9. The quantitative estimate of drug-likeness (QED) is 0.666. The minimum absolute atomic E-state index is 0.00586. The number of Topliss-reactive ketones (excluding diaryl/α,β-unsaturated/α-hetero) is 1. The highest BCUT2D eigenvalue weighted by Gasteiger charge is 2.04. The first-order valence-electron chi connectivity index (χ1n) is 7.63. The standard InChI is InChI=1S/C18H17N5O2/c1-12(24)13-4-3-5-15(10-13)20-17-11-19-23-18(22-17)21-14-6-8-16(25-2)9-7-14/h3-11H,1-2H3,(H2,20,21,22,23). The number of carbonyl (C=O) groups is 1. The van der Waals surface area contributed by atoms with E-state index in [2.05, 4.69) is 25.8 Å². The molecule has 126 valence electrons. The summed E-state index contributed by atoms with van der Waals surface area (Å²) in [4.78, 5) is 15.8. The Kier molecular flexibility index (Phi) is 4.84. The number of benzene rings is 2. The molecule has 3 aromatic rings. The molecule has 0 fully saturated rings. The molecule has 0 radical (unpaired) electrons. The van der Waals surface area contributed by atoms with E-state index in [1.165, 1.54) is 13.1 Å². The molecule has 2 aromatic carbocycles. The molecule has 1 heterocycles. The van der Waals surface area contributed by atoms with Crippen molar-refractivity contribution in [2.75, 3.05) is 17.7 Å². The summed E-state index contributed by atoms with van der Waals surface area (Å²) in [6.07, 6.45) is 1.51. The van der Waals surface area contributed by atoms with E-state index in [-0.39, 0.29) is 5.78 Å². The summed E-state index contributed by atoms with van der Waals surface area (Å²) in [6.45, 7) is 1.53. The van der Waals surface area contributed by atoms with Gasteiger partial charge in [-0.05, 0) is 43.3 Å². The first-order valence-corrected chi connectivity index (χ1v) is 7.63. The first-order chi connectivity index (χ1) is 12.1. The summed E-state index contributed by atoms with van der Waals surface area (Å²) in [7, 11) is 1.62. The topological polar surface area (TPSA) is 89.0 Å². The van der Waals surface area contributed by atoms with Crippen LogP contribution in [0.15, 0.2) is 54.7 Å². The molecule has 0 aliphatic rings.